The summed E-state index contributed by atoms with van der Waals surface area (Å²) in [6.07, 6.45) is -0.540. The first-order valence-electron chi connectivity index (χ1n) is 9.23. The molecule has 0 saturated heterocycles. The van der Waals surface area contributed by atoms with Crippen LogP contribution in [-0.2, 0) is 6.54 Å². The van der Waals surface area contributed by atoms with Gasteiger partial charge >= 0.3 is 6.18 Å². The smallest absolute Gasteiger partial charge is 0.347 e. The van der Waals surface area contributed by atoms with E-state index in [0.29, 0.717) is 21.2 Å². The summed E-state index contributed by atoms with van der Waals surface area (Å²) in [5.74, 6) is -2.18. The van der Waals surface area contributed by atoms with E-state index < -0.39 is 12.1 Å². The lowest BCUT2D eigenvalue weighted by Crippen LogP contribution is -2.23. The van der Waals surface area contributed by atoms with E-state index in [1.165, 1.54) is 35.6 Å². The van der Waals surface area contributed by atoms with Crippen LogP contribution in [0.3, 0.4) is 0 Å². The molecule has 0 bridgehead atoms. The van der Waals surface area contributed by atoms with Gasteiger partial charge in [-0.15, -0.1) is 11.3 Å². The molecular formula is C22H16Cl3F3N2OS. The van der Waals surface area contributed by atoms with E-state index in [9.17, 15) is 18.0 Å². The number of nitrogens with zero attached hydrogens (tertiary/aromatic N) is 1. The van der Waals surface area contributed by atoms with Gasteiger partial charge in [0, 0.05) is 26.7 Å². The summed E-state index contributed by atoms with van der Waals surface area (Å²) in [4.78, 5) is 17.2. The number of aryl methyl sites for hydroxylation is 1. The Kier molecular flexibility index (Phi) is 7.88. The molecule has 1 atom stereocenters. The van der Waals surface area contributed by atoms with Crippen molar-refractivity contribution in [2.75, 3.05) is 0 Å². The Bertz CT molecular complexity index is 1140. The van der Waals surface area contributed by atoms with Crippen molar-refractivity contribution in [3.05, 3.63) is 90.3 Å². The van der Waals surface area contributed by atoms with E-state index in [-0.39, 0.29) is 28.1 Å². The van der Waals surface area contributed by atoms with E-state index in [0.717, 1.165) is 11.0 Å². The summed E-state index contributed by atoms with van der Waals surface area (Å²) in [7, 11) is 0. The highest BCUT2D eigenvalue weighted by atomic mass is 35.5. The molecule has 3 nitrogen and oxygen atoms in total. The summed E-state index contributed by atoms with van der Waals surface area (Å²) in [6, 6.07) is 8.66. The minimum atomic E-state index is -4.53. The highest BCUT2D eigenvalue weighted by Crippen LogP contribution is 2.38. The van der Waals surface area contributed by atoms with Gasteiger partial charge in [-0.3, -0.25) is 4.79 Å². The molecule has 1 unspecified atom stereocenters. The molecule has 0 spiro atoms. The lowest BCUT2D eigenvalue weighted by molar-refractivity contribution is -0.139. The molecule has 2 aromatic carbocycles. The molecular weight excluding hydrogens is 504 g/mol. The number of halogens is 6. The van der Waals surface area contributed by atoms with Crippen LogP contribution >= 0.6 is 46.1 Å². The predicted octanol–water partition coefficient (Wildman–Crippen LogP) is 7.70. The van der Waals surface area contributed by atoms with Crippen LogP contribution in [0, 0.1) is 6.92 Å². The van der Waals surface area contributed by atoms with E-state index in [4.69, 9.17) is 34.8 Å². The molecule has 168 valence electrons. The van der Waals surface area contributed by atoms with Gasteiger partial charge in [-0.05, 0) is 47.9 Å². The average Bonchev–Trinajstić information content (AvgIpc) is 3.10. The van der Waals surface area contributed by atoms with Crippen molar-refractivity contribution in [1.29, 1.82) is 0 Å². The van der Waals surface area contributed by atoms with Gasteiger partial charge in [0.05, 0.1) is 12.5 Å². The van der Waals surface area contributed by atoms with Crippen molar-refractivity contribution in [3.8, 4) is 0 Å². The molecule has 0 fully saturated rings. The molecule has 32 heavy (non-hydrogen) atoms. The maximum atomic E-state index is 13.6. The van der Waals surface area contributed by atoms with Crippen LogP contribution in [0.5, 0.6) is 0 Å². The average molecular weight is 520 g/mol. The van der Waals surface area contributed by atoms with Crippen LogP contribution in [0.1, 0.15) is 37.8 Å². The van der Waals surface area contributed by atoms with Crippen LogP contribution < -0.4 is 5.32 Å². The van der Waals surface area contributed by atoms with Crippen LogP contribution in [0.25, 0.3) is 6.08 Å². The molecule has 0 aliphatic heterocycles. The quantitative estimate of drug-likeness (QED) is 0.362. The zero-order chi connectivity index (χ0) is 23.5. The number of rotatable bonds is 6. The fourth-order valence-corrected chi connectivity index (χ4v) is 4.51. The van der Waals surface area contributed by atoms with Crippen molar-refractivity contribution in [3.63, 3.8) is 0 Å². The summed E-state index contributed by atoms with van der Waals surface area (Å²) in [5, 5.41) is 3.03. The largest absolute Gasteiger partial charge is 0.399 e. The van der Waals surface area contributed by atoms with Crippen LogP contribution in [0.15, 0.2) is 48.7 Å². The number of nitrogens with one attached hydrogen (secondary N) is 1. The number of amides is 1. The van der Waals surface area contributed by atoms with Crippen LogP contribution in [0.4, 0.5) is 13.2 Å². The maximum absolute atomic E-state index is 13.6. The molecule has 1 N–H and O–H groups in total. The van der Waals surface area contributed by atoms with Crippen LogP contribution in [-0.4, -0.2) is 17.1 Å². The van der Waals surface area contributed by atoms with E-state index in [2.05, 4.69) is 10.3 Å². The minimum Gasteiger partial charge on any atom is -0.347 e. The fourth-order valence-electron chi connectivity index (χ4n) is 3.04. The van der Waals surface area contributed by atoms with Gasteiger partial charge in [-0.2, -0.15) is 13.2 Å². The number of benzene rings is 2. The zero-order valence-electron chi connectivity index (χ0n) is 16.5. The molecule has 3 aromatic rings. The Morgan fingerprint density at radius 3 is 2.41 bits per heavy atom. The first-order valence-corrected chi connectivity index (χ1v) is 11.2. The summed E-state index contributed by atoms with van der Waals surface area (Å²) in [5.41, 5.74) is 1.52. The second-order valence-corrected chi connectivity index (χ2v) is 9.49. The third-order valence-corrected chi connectivity index (χ3v) is 6.07. The number of aromatic nitrogens is 1. The molecule has 0 aliphatic rings. The summed E-state index contributed by atoms with van der Waals surface area (Å²) < 4.78 is 41.3. The van der Waals surface area contributed by atoms with Gasteiger partial charge < -0.3 is 5.32 Å². The zero-order valence-corrected chi connectivity index (χ0v) is 19.6. The molecule has 1 heterocycles. The number of alkyl halides is 3. The number of hydrogen-bond donors (Lipinski definition) is 1. The SMILES string of the molecule is Cc1cc(/C=C/C(c2cc(Cl)cc(Cl)c2)C(F)(F)F)ccc1C(=O)NCc1cnc(Cl)s1. The standard InChI is InChI=1S/C22H16Cl3F3N2OS/c1-12-6-13(2-4-18(12)20(31)29-10-17-11-30-21(25)32-17)3-5-19(22(26,27)28)14-7-15(23)9-16(24)8-14/h2-9,11,19H,10H2,1H3,(H,29,31)/b5-3+. The first-order chi connectivity index (χ1) is 15.0. The Morgan fingerprint density at radius 2 is 1.84 bits per heavy atom. The number of thiazole rings is 1. The summed E-state index contributed by atoms with van der Waals surface area (Å²) >= 11 is 18.8. The van der Waals surface area contributed by atoms with E-state index in [1.807, 2.05) is 0 Å². The second-order valence-electron chi connectivity index (χ2n) is 6.92. The lowest BCUT2D eigenvalue weighted by atomic mass is 9.96. The number of hydrogen-bond acceptors (Lipinski definition) is 3. The lowest BCUT2D eigenvalue weighted by Gasteiger charge is -2.18. The molecule has 0 saturated carbocycles. The molecule has 1 amide bonds. The predicted molar refractivity (Wildman–Crippen MR) is 124 cm³/mol. The first kappa shape index (κ1) is 24.6. The third-order valence-electron chi connectivity index (χ3n) is 4.52. The Hall–Kier alpha value is -2.06. The third kappa shape index (κ3) is 6.48. The molecule has 0 aliphatic carbocycles. The van der Waals surface area contributed by atoms with Crippen LogP contribution in [0.2, 0.25) is 14.5 Å². The molecule has 0 radical (unpaired) electrons. The maximum Gasteiger partial charge on any atom is 0.399 e. The van der Waals surface area contributed by atoms with E-state index in [1.54, 1.807) is 31.3 Å². The van der Waals surface area contributed by atoms with Crippen molar-refractivity contribution in [1.82, 2.24) is 10.3 Å². The number of carbonyl (C=O) groups excluding carboxylic acids is 1. The second kappa shape index (κ2) is 10.3. The molecule has 1 aromatic heterocycles. The van der Waals surface area contributed by atoms with Gasteiger partial charge in [0.25, 0.3) is 5.91 Å². The topological polar surface area (TPSA) is 42.0 Å². The minimum absolute atomic E-state index is 0.0536. The van der Waals surface area contributed by atoms with Gasteiger partial charge in [0.15, 0.2) is 4.47 Å². The molecule has 3 rings (SSSR count). The fraction of sp³-hybridized carbons (Fsp3) is 0.182. The summed E-state index contributed by atoms with van der Waals surface area (Å²) in [6.45, 7) is 1.99. The van der Waals surface area contributed by atoms with Gasteiger partial charge in [-0.1, -0.05) is 59.1 Å². The Morgan fingerprint density at radius 1 is 1.16 bits per heavy atom. The highest BCUT2D eigenvalue weighted by Gasteiger charge is 2.39. The van der Waals surface area contributed by atoms with Gasteiger partial charge in [0.1, 0.15) is 0 Å². The Labute approximate surface area is 201 Å². The van der Waals surface area contributed by atoms with Gasteiger partial charge in [-0.25, -0.2) is 4.98 Å². The van der Waals surface area contributed by atoms with Crippen molar-refractivity contribution in [2.24, 2.45) is 0 Å². The number of allylic oxidation sites excluding steroid dienone is 1. The normalized spacial score (nSPS) is 12.8. The van der Waals surface area contributed by atoms with Crippen molar-refractivity contribution < 1.29 is 18.0 Å². The van der Waals surface area contributed by atoms with Crippen molar-refractivity contribution >= 4 is 58.1 Å². The highest BCUT2D eigenvalue weighted by molar-refractivity contribution is 7.15. The van der Waals surface area contributed by atoms with E-state index >= 15 is 0 Å². The van der Waals surface area contributed by atoms with Crippen molar-refractivity contribution in [2.45, 2.75) is 25.6 Å². The number of carbonyl (C=O) groups is 1. The van der Waals surface area contributed by atoms with Gasteiger partial charge in [0.2, 0.25) is 0 Å². The monoisotopic (exact) mass is 518 g/mol. The Balaban J connectivity index is 1.77. The molecule has 10 heteroatoms.